The fraction of sp³-hybridized carbons (Fsp3) is 0.538. The zero-order valence-electron chi connectivity index (χ0n) is 10.7. The molecule has 0 amide bonds. The third-order valence-electron chi connectivity index (χ3n) is 3.13. The van der Waals surface area contributed by atoms with Crippen LogP contribution < -0.4 is 16.0 Å². The van der Waals surface area contributed by atoms with E-state index in [1.54, 1.807) is 6.33 Å². The minimum atomic E-state index is 0.713. The highest BCUT2D eigenvalue weighted by Crippen LogP contribution is 2.14. The van der Waals surface area contributed by atoms with Crippen molar-refractivity contribution in [3.05, 3.63) is 25.0 Å². The highest BCUT2D eigenvalue weighted by molar-refractivity contribution is 5.46. The molecule has 2 heterocycles. The highest BCUT2D eigenvalue weighted by atomic mass is 15.1. The molecule has 1 saturated heterocycles. The Morgan fingerprint density at radius 2 is 2.00 bits per heavy atom. The van der Waals surface area contributed by atoms with E-state index < -0.39 is 0 Å². The largest absolute Gasteiger partial charge is 0.370 e. The lowest BCUT2D eigenvalue weighted by Gasteiger charge is -2.22. The zero-order valence-corrected chi connectivity index (χ0v) is 10.7. The van der Waals surface area contributed by atoms with Gasteiger partial charge in [-0.15, -0.1) is 6.58 Å². The molecule has 0 saturated carbocycles. The van der Waals surface area contributed by atoms with Gasteiger partial charge in [0.2, 0.25) is 0 Å². The first-order valence-electron chi connectivity index (χ1n) is 6.50. The summed E-state index contributed by atoms with van der Waals surface area (Å²) in [5.74, 6) is 2.46. The number of nitrogens with one attached hydrogen (secondary N) is 3. The van der Waals surface area contributed by atoms with Gasteiger partial charge in [-0.1, -0.05) is 6.08 Å². The van der Waals surface area contributed by atoms with E-state index in [9.17, 15) is 0 Å². The molecule has 0 spiro atoms. The number of aromatic nitrogens is 2. The lowest BCUT2D eigenvalue weighted by atomic mass is 9.98. The van der Waals surface area contributed by atoms with Crippen LogP contribution in [0.4, 0.5) is 11.6 Å². The Morgan fingerprint density at radius 3 is 2.72 bits per heavy atom. The van der Waals surface area contributed by atoms with Gasteiger partial charge in [0.25, 0.3) is 0 Å². The topological polar surface area (TPSA) is 61.9 Å². The predicted octanol–water partition coefficient (Wildman–Crippen LogP) is 1.49. The molecule has 18 heavy (non-hydrogen) atoms. The van der Waals surface area contributed by atoms with Crippen LogP contribution in [0.1, 0.15) is 12.8 Å². The molecule has 1 aliphatic heterocycles. The quantitative estimate of drug-likeness (QED) is 0.665. The zero-order chi connectivity index (χ0) is 12.6. The Labute approximate surface area is 108 Å². The van der Waals surface area contributed by atoms with E-state index in [1.807, 2.05) is 12.1 Å². The maximum Gasteiger partial charge on any atom is 0.131 e. The van der Waals surface area contributed by atoms with Crippen LogP contribution in [-0.2, 0) is 0 Å². The Morgan fingerprint density at radius 1 is 1.28 bits per heavy atom. The van der Waals surface area contributed by atoms with Crippen molar-refractivity contribution in [2.24, 2.45) is 5.92 Å². The van der Waals surface area contributed by atoms with Gasteiger partial charge >= 0.3 is 0 Å². The molecular weight excluding hydrogens is 226 g/mol. The molecule has 0 aromatic carbocycles. The van der Waals surface area contributed by atoms with Crippen LogP contribution in [0.3, 0.4) is 0 Å². The van der Waals surface area contributed by atoms with E-state index in [0.717, 1.165) is 37.2 Å². The van der Waals surface area contributed by atoms with Crippen molar-refractivity contribution in [3.8, 4) is 0 Å². The Balaban J connectivity index is 1.82. The van der Waals surface area contributed by atoms with Crippen molar-refractivity contribution in [2.45, 2.75) is 12.8 Å². The molecule has 5 heteroatoms. The molecule has 0 unspecified atom stereocenters. The fourth-order valence-electron chi connectivity index (χ4n) is 2.06. The molecule has 0 bridgehead atoms. The van der Waals surface area contributed by atoms with Crippen molar-refractivity contribution in [2.75, 3.05) is 36.8 Å². The number of anilines is 2. The smallest absolute Gasteiger partial charge is 0.131 e. The van der Waals surface area contributed by atoms with Crippen LogP contribution in [0.15, 0.2) is 25.0 Å². The van der Waals surface area contributed by atoms with E-state index in [2.05, 4.69) is 32.5 Å². The van der Waals surface area contributed by atoms with E-state index >= 15 is 0 Å². The second-order valence-corrected chi connectivity index (χ2v) is 4.53. The van der Waals surface area contributed by atoms with Crippen LogP contribution in [-0.4, -0.2) is 36.1 Å². The van der Waals surface area contributed by atoms with Gasteiger partial charge in [-0.3, -0.25) is 0 Å². The lowest BCUT2D eigenvalue weighted by Crippen LogP contribution is -2.31. The first-order valence-corrected chi connectivity index (χ1v) is 6.50. The van der Waals surface area contributed by atoms with E-state index in [-0.39, 0.29) is 0 Å². The molecule has 1 aliphatic rings. The molecule has 1 fully saturated rings. The molecule has 1 aromatic rings. The predicted molar refractivity (Wildman–Crippen MR) is 74.8 cm³/mol. The van der Waals surface area contributed by atoms with Crippen LogP contribution in [0.2, 0.25) is 0 Å². The molecule has 5 nitrogen and oxygen atoms in total. The minimum Gasteiger partial charge on any atom is -0.370 e. The minimum absolute atomic E-state index is 0.713. The fourth-order valence-corrected chi connectivity index (χ4v) is 2.06. The molecule has 2 rings (SSSR count). The summed E-state index contributed by atoms with van der Waals surface area (Å²) in [5.41, 5.74) is 0. The molecule has 0 aliphatic carbocycles. The standard InChI is InChI=1S/C13H21N5/c1-2-5-15-12-8-13(18-10-17-12)16-9-11-3-6-14-7-4-11/h2,8,10-11,14H,1,3-7,9H2,(H2,15,16,17,18). The van der Waals surface area contributed by atoms with Gasteiger partial charge in [0.15, 0.2) is 0 Å². The second-order valence-electron chi connectivity index (χ2n) is 4.53. The summed E-state index contributed by atoms with van der Waals surface area (Å²) in [6.07, 6.45) is 5.86. The average Bonchev–Trinajstić information content (AvgIpc) is 2.44. The Hall–Kier alpha value is -1.62. The van der Waals surface area contributed by atoms with Crippen molar-refractivity contribution >= 4 is 11.6 Å². The Bertz CT molecular complexity index is 373. The number of hydrogen-bond donors (Lipinski definition) is 3. The SMILES string of the molecule is C=CCNc1cc(NCC2CCNCC2)ncn1. The molecule has 0 radical (unpaired) electrons. The summed E-state index contributed by atoms with van der Waals surface area (Å²) in [6, 6.07) is 1.94. The third-order valence-corrected chi connectivity index (χ3v) is 3.13. The normalized spacial score (nSPS) is 16.2. The van der Waals surface area contributed by atoms with Crippen molar-refractivity contribution < 1.29 is 0 Å². The number of piperidine rings is 1. The third kappa shape index (κ3) is 4.00. The molecule has 0 atom stereocenters. The molecular formula is C13H21N5. The maximum absolute atomic E-state index is 4.23. The van der Waals surface area contributed by atoms with Crippen molar-refractivity contribution in [1.82, 2.24) is 15.3 Å². The number of nitrogens with zero attached hydrogens (tertiary/aromatic N) is 2. The summed E-state index contributed by atoms with van der Waals surface area (Å²) in [4.78, 5) is 8.38. The van der Waals surface area contributed by atoms with Gasteiger partial charge in [-0.25, -0.2) is 9.97 Å². The van der Waals surface area contributed by atoms with Crippen LogP contribution >= 0.6 is 0 Å². The van der Waals surface area contributed by atoms with Gasteiger partial charge in [-0.05, 0) is 31.8 Å². The van der Waals surface area contributed by atoms with Gasteiger partial charge in [0, 0.05) is 19.2 Å². The average molecular weight is 247 g/mol. The summed E-state index contributed by atoms with van der Waals surface area (Å²) < 4.78 is 0. The molecule has 98 valence electrons. The van der Waals surface area contributed by atoms with Gasteiger partial charge in [0.05, 0.1) is 0 Å². The first kappa shape index (κ1) is 12.8. The Kier molecular flexibility index (Phi) is 4.96. The van der Waals surface area contributed by atoms with Gasteiger partial charge in [-0.2, -0.15) is 0 Å². The summed E-state index contributed by atoms with van der Waals surface area (Å²) >= 11 is 0. The van der Waals surface area contributed by atoms with Crippen LogP contribution in [0.5, 0.6) is 0 Å². The number of hydrogen-bond acceptors (Lipinski definition) is 5. The highest BCUT2D eigenvalue weighted by Gasteiger charge is 2.12. The number of rotatable bonds is 6. The summed E-state index contributed by atoms with van der Waals surface area (Å²) in [5, 5.41) is 9.91. The maximum atomic E-state index is 4.23. The lowest BCUT2D eigenvalue weighted by molar-refractivity contribution is 0.389. The van der Waals surface area contributed by atoms with Crippen molar-refractivity contribution in [3.63, 3.8) is 0 Å². The van der Waals surface area contributed by atoms with E-state index in [0.29, 0.717) is 6.54 Å². The second kappa shape index (κ2) is 6.96. The monoisotopic (exact) mass is 247 g/mol. The first-order chi connectivity index (χ1) is 8.88. The molecule has 1 aromatic heterocycles. The summed E-state index contributed by atoms with van der Waals surface area (Å²) in [7, 11) is 0. The van der Waals surface area contributed by atoms with Crippen molar-refractivity contribution in [1.29, 1.82) is 0 Å². The van der Waals surface area contributed by atoms with Crippen LogP contribution in [0, 0.1) is 5.92 Å². The van der Waals surface area contributed by atoms with Crippen LogP contribution in [0.25, 0.3) is 0 Å². The van der Waals surface area contributed by atoms with E-state index in [1.165, 1.54) is 12.8 Å². The van der Waals surface area contributed by atoms with E-state index in [4.69, 9.17) is 0 Å². The summed E-state index contributed by atoms with van der Waals surface area (Å²) in [6.45, 7) is 7.62. The van der Waals surface area contributed by atoms with Gasteiger partial charge in [0.1, 0.15) is 18.0 Å². The van der Waals surface area contributed by atoms with Gasteiger partial charge < -0.3 is 16.0 Å². The molecule has 3 N–H and O–H groups in total.